The zero-order valence-electron chi connectivity index (χ0n) is 14.8. The van der Waals surface area contributed by atoms with Crippen molar-refractivity contribution in [3.8, 4) is 11.4 Å². The molecular formula is C17H16F3N5O3S. The van der Waals surface area contributed by atoms with Gasteiger partial charge in [0, 0.05) is 29.3 Å². The van der Waals surface area contributed by atoms with Crippen LogP contribution in [-0.2, 0) is 20.5 Å². The van der Waals surface area contributed by atoms with E-state index < -0.39 is 17.6 Å². The van der Waals surface area contributed by atoms with Gasteiger partial charge in [-0.2, -0.15) is 13.2 Å². The van der Waals surface area contributed by atoms with Crippen molar-refractivity contribution in [1.82, 2.24) is 25.6 Å². The first-order valence-corrected chi connectivity index (χ1v) is 8.85. The Labute approximate surface area is 168 Å². The number of alkyl halides is 3. The number of rotatable bonds is 4. The van der Waals surface area contributed by atoms with Crippen molar-refractivity contribution in [2.24, 2.45) is 5.92 Å². The van der Waals surface area contributed by atoms with Gasteiger partial charge in [0.25, 0.3) is 5.91 Å². The molecular weight excluding hydrogens is 411 g/mol. The molecule has 1 aliphatic rings. The summed E-state index contributed by atoms with van der Waals surface area (Å²) < 4.78 is 45.0. The molecule has 8 nitrogen and oxygen atoms in total. The van der Waals surface area contributed by atoms with E-state index in [0.29, 0.717) is 19.6 Å². The molecule has 0 saturated carbocycles. The molecule has 29 heavy (non-hydrogen) atoms. The second-order valence-corrected chi connectivity index (χ2v) is 6.69. The Morgan fingerprint density at radius 3 is 2.76 bits per heavy atom. The normalized spacial score (nSPS) is 16.9. The summed E-state index contributed by atoms with van der Waals surface area (Å²) in [5, 5.41) is 4.01. The first kappa shape index (κ1) is 20.9. The van der Waals surface area contributed by atoms with Crippen LogP contribution in [0.2, 0.25) is 0 Å². The van der Waals surface area contributed by atoms with E-state index in [1.165, 1.54) is 18.6 Å². The summed E-state index contributed by atoms with van der Waals surface area (Å²) in [5.41, 5.74) is 3.78. The lowest BCUT2D eigenvalue weighted by molar-refractivity contribution is -0.137. The molecule has 1 unspecified atom stereocenters. The van der Waals surface area contributed by atoms with Crippen LogP contribution in [0.4, 0.5) is 13.2 Å². The molecule has 2 amide bonds. The molecule has 0 bridgehead atoms. The van der Waals surface area contributed by atoms with E-state index in [4.69, 9.17) is 4.74 Å². The molecule has 3 rings (SSSR count). The molecule has 1 aliphatic heterocycles. The highest BCUT2D eigenvalue weighted by molar-refractivity contribution is 7.80. The second-order valence-electron chi connectivity index (χ2n) is 6.17. The van der Waals surface area contributed by atoms with E-state index in [1.807, 2.05) is 0 Å². The zero-order chi connectivity index (χ0) is 21.0. The molecule has 1 fully saturated rings. The fraction of sp³-hybridized carbons (Fsp3) is 0.294. The van der Waals surface area contributed by atoms with Gasteiger partial charge in [0.05, 0.1) is 18.1 Å². The highest BCUT2D eigenvalue weighted by Gasteiger charge is 2.31. The summed E-state index contributed by atoms with van der Waals surface area (Å²) in [4.78, 5) is 27.6. The van der Waals surface area contributed by atoms with Crippen LogP contribution in [0.25, 0.3) is 17.6 Å². The predicted molar refractivity (Wildman–Crippen MR) is 98.3 cm³/mol. The van der Waals surface area contributed by atoms with Gasteiger partial charge in [0.1, 0.15) is 6.33 Å². The van der Waals surface area contributed by atoms with Crippen molar-refractivity contribution >= 4 is 30.6 Å². The summed E-state index contributed by atoms with van der Waals surface area (Å²) in [5.74, 6) is -1.24. The minimum absolute atomic E-state index is 0.0333. The first-order valence-electron chi connectivity index (χ1n) is 8.41. The maximum Gasteiger partial charge on any atom is 0.416 e. The van der Waals surface area contributed by atoms with Crippen molar-refractivity contribution < 1.29 is 27.5 Å². The summed E-state index contributed by atoms with van der Waals surface area (Å²) in [6.07, 6.45) is -0.385. The molecule has 1 saturated heterocycles. The fourth-order valence-electron chi connectivity index (χ4n) is 2.54. The maximum absolute atomic E-state index is 12.9. The average molecular weight is 427 g/mol. The van der Waals surface area contributed by atoms with Crippen LogP contribution >= 0.6 is 12.6 Å². The van der Waals surface area contributed by atoms with Gasteiger partial charge in [-0.25, -0.2) is 9.67 Å². The molecule has 2 heterocycles. The smallest absolute Gasteiger partial charge is 0.381 e. The number of amides is 2. The summed E-state index contributed by atoms with van der Waals surface area (Å²) in [6, 6.07) is 3.22. The number of nitrogens with zero attached hydrogens (tertiary/aromatic N) is 3. The van der Waals surface area contributed by atoms with Gasteiger partial charge < -0.3 is 4.74 Å². The quantitative estimate of drug-likeness (QED) is 0.393. The number of carbonyl (C=O) groups excluding carboxylic acids is 2. The van der Waals surface area contributed by atoms with Gasteiger partial charge in [-0.3, -0.25) is 20.4 Å². The largest absolute Gasteiger partial charge is 0.416 e. The molecule has 2 aromatic rings. The molecule has 2 N–H and O–H groups in total. The number of aromatic nitrogens is 3. The number of nitrogens with one attached hydrogen (secondary N) is 2. The van der Waals surface area contributed by atoms with Crippen LogP contribution in [0.5, 0.6) is 0 Å². The van der Waals surface area contributed by atoms with Crippen molar-refractivity contribution in [2.45, 2.75) is 17.5 Å². The maximum atomic E-state index is 12.9. The predicted octanol–water partition coefficient (Wildman–Crippen LogP) is 1.91. The molecule has 0 radical (unpaired) electrons. The molecule has 1 aromatic heterocycles. The fourth-order valence-corrected chi connectivity index (χ4v) is 2.81. The zero-order valence-corrected chi connectivity index (χ0v) is 15.7. The monoisotopic (exact) mass is 427 g/mol. The molecule has 1 atom stereocenters. The molecule has 1 aromatic carbocycles. The van der Waals surface area contributed by atoms with E-state index in [-0.39, 0.29) is 28.1 Å². The Bertz CT molecular complexity index is 939. The summed E-state index contributed by atoms with van der Waals surface area (Å²) in [7, 11) is 0. The Morgan fingerprint density at radius 1 is 1.28 bits per heavy atom. The lowest BCUT2D eigenvalue weighted by Gasteiger charge is -2.09. The number of benzene rings is 1. The van der Waals surface area contributed by atoms with Gasteiger partial charge in [-0.05, 0) is 24.6 Å². The number of hydrogen-bond acceptors (Lipinski definition) is 6. The van der Waals surface area contributed by atoms with Gasteiger partial charge in [0.15, 0.2) is 5.82 Å². The number of carbonyl (C=O) groups is 2. The van der Waals surface area contributed by atoms with E-state index >= 15 is 0 Å². The molecule has 0 spiro atoms. The lowest BCUT2D eigenvalue weighted by atomic mass is 10.1. The Kier molecular flexibility index (Phi) is 6.23. The number of halogens is 3. The van der Waals surface area contributed by atoms with Crippen LogP contribution in [0.1, 0.15) is 12.0 Å². The SMILES string of the molecule is O=C(/C=C\n1cnc(-c2cc(S)cc(C(F)(F)F)c2)n1)NNC(=O)C1CCOC1. The third-order valence-electron chi connectivity index (χ3n) is 4.00. The average Bonchev–Trinajstić information content (AvgIpc) is 3.35. The number of hydrazine groups is 1. The standard InChI is InChI=1S/C17H16F3N5O3S/c18-17(19,20)12-5-11(6-13(29)7-12)15-21-9-25(24-15)3-1-14(26)22-23-16(27)10-2-4-28-8-10/h1,3,5-7,9-10,29H,2,4,8H2,(H,22,26)(H,23,27)/b3-1-. The van der Waals surface area contributed by atoms with Crippen LogP contribution in [0, 0.1) is 5.92 Å². The van der Waals surface area contributed by atoms with Crippen molar-refractivity contribution in [3.05, 3.63) is 36.2 Å². The van der Waals surface area contributed by atoms with Gasteiger partial charge in [-0.15, -0.1) is 17.7 Å². The van der Waals surface area contributed by atoms with Crippen LogP contribution in [-0.4, -0.2) is 39.8 Å². The molecule has 154 valence electrons. The second kappa shape index (κ2) is 8.66. The Hall–Kier alpha value is -2.86. The first-order chi connectivity index (χ1) is 13.7. The van der Waals surface area contributed by atoms with Crippen LogP contribution in [0.3, 0.4) is 0 Å². The third-order valence-corrected chi connectivity index (χ3v) is 4.26. The van der Waals surface area contributed by atoms with E-state index in [0.717, 1.165) is 22.9 Å². The van der Waals surface area contributed by atoms with E-state index in [9.17, 15) is 22.8 Å². The summed E-state index contributed by atoms with van der Waals surface area (Å²) in [6.45, 7) is 0.809. The molecule has 0 aliphatic carbocycles. The van der Waals surface area contributed by atoms with Crippen LogP contribution < -0.4 is 10.9 Å². The van der Waals surface area contributed by atoms with Crippen molar-refractivity contribution in [1.29, 1.82) is 0 Å². The number of thiol groups is 1. The van der Waals surface area contributed by atoms with E-state index in [1.54, 1.807) is 0 Å². The topological polar surface area (TPSA) is 98.1 Å². The van der Waals surface area contributed by atoms with E-state index in [2.05, 4.69) is 33.6 Å². The van der Waals surface area contributed by atoms with Gasteiger partial charge in [-0.1, -0.05) is 0 Å². The highest BCUT2D eigenvalue weighted by atomic mass is 32.1. The number of hydrogen-bond donors (Lipinski definition) is 3. The van der Waals surface area contributed by atoms with Gasteiger partial charge >= 0.3 is 6.18 Å². The van der Waals surface area contributed by atoms with Crippen molar-refractivity contribution in [3.63, 3.8) is 0 Å². The van der Waals surface area contributed by atoms with Crippen LogP contribution in [0.15, 0.2) is 35.5 Å². The highest BCUT2D eigenvalue weighted by Crippen LogP contribution is 2.33. The lowest BCUT2D eigenvalue weighted by Crippen LogP contribution is -2.44. The van der Waals surface area contributed by atoms with Crippen molar-refractivity contribution in [2.75, 3.05) is 13.2 Å². The Balaban J connectivity index is 1.62. The minimum atomic E-state index is -4.52. The summed E-state index contributed by atoms with van der Waals surface area (Å²) >= 11 is 3.98. The van der Waals surface area contributed by atoms with Gasteiger partial charge in [0.2, 0.25) is 5.91 Å². The number of ether oxygens (including phenoxy) is 1. The third kappa shape index (κ3) is 5.57. The minimum Gasteiger partial charge on any atom is -0.381 e. The Morgan fingerprint density at radius 2 is 2.07 bits per heavy atom. The molecule has 12 heteroatoms.